The standard InChI is InChI=1S/C21H28F2N4O2/c1-24-21(26-15-17-9-5-7-11-19(17)29-20(22)23)25-14-16-8-4-6-10-18(16)28-13-12-27(2)3/h4-11,20H,12-15H2,1-3H3,(H2,24,25,26). The Kier molecular flexibility index (Phi) is 9.17. The van der Waals surface area contributed by atoms with Crippen molar-refractivity contribution in [1.82, 2.24) is 15.5 Å². The lowest BCUT2D eigenvalue weighted by molar-refractivity contribution is -0.0504. The van der Waals surface area contributed by atoms with Gasteiger partial charge in [0.15, 0.2) is 5.96 Å². The number of aliphatic imine (C=N–C) groups is 1. The molecular formula is C21H28F2N4O2. The van der Waals surface area contributed by atoms with Crippen LogP contribution in [0.4, 0.5) is 8.78 Å². The van der Waals surface area contributed by atoms with Gasteiger partial charge in [0.05, 0.1) is 0 Å². The van der Waals surface area contributed by atoms with Gasteiger partial charge >= 0.3 is 6.61 Å². The van der Waals surface area contributed by atoms with Gasteiger partial charge in [-0.25, -0.2) is 0 Å². The number of guanidine groups is 1. The van der Waals surface area contributed by atoms with Crippen molar-refractivity contribution in [3.8, 4) is 11.5 Å². The quantitative estimate of drug-likeness (QED) is 0.469. The summed E-state index contributed by atoms with van der Waals surface area (Å²) in [7, 11) is 5.64. The van der Waals surface area contributed by atoms with Gasteiger partial charge in [-0.05, 0) is 26.2 Å². The number of hydrogen-bond donors (Lipinski definition) is 2. The van der Waals surface area contributed by atoms with Crippen LogP contribution in [-0.2, 0) is 13.1 Å². The Morgan fingerprint density at radius 2 is 1.52 bits per heavy atom. The van der Waals surface area contributed by atoms with Crippen molar-refractivity contribution in [3.63, 3.8) is 0 Å². The lowest BCUT2D eigenvalue weighted by Gasteiger charge is -2.16. The average molecular weight is 406 g/mol. The van der Waals surface area contributed by atoms with Gasteiger partial charge in [0.2, 0.25) is 0 Å². The van der Waals surface area contributed by atoms with Crippen LogP contribution >= 0.6 is 0 Å². The summed E-state index contributed by atoms with van der Waals surface area (Å²) in [6, 6.07) is 14.5. The molecule has 2 N–H and O–H groups in total. The maximum Gasteiger partial charge on any atom is 0.387 e. The summed E-state index contributed by atoms with van der Waals surface area (Å²) < 4.78 is 35.5. The van der Waals surface area contributed by atoms with Gasteiger partial charge in [-0.3, -0.25) is 4.99 Å². The second kappa shape index (κ2) is 11.9. The number of para-hydroxylation sites is 2. The van der Waals surface area contributed by atoms with Crippen LogP contribution in [0.15, 0.2) is 53.5 Å². The van der Waals surface area contributed by atoms with E-state index in [4.69, 9.17) is 4.74 Å². The summed E-state index contributed by atoms with van der Waals surface area (Å²) in [5.74, 6) is 1.50. The number of halogens is 2. The van der Waals surface area contributed by atoms with Gasteiger partial charge in [-0.1, -0.05) is 36.4 Å². The number of nitrogens with one attached hydrogen (secondary N) is 2. The summed E-state index contributed by atoms with van der Waals surface area (Å²) >= 11 is 0. The molecule has 2 rings (SSSR count). The third-order valence-electron chi connectivity index (χ3n) is 4.07. The van der Waals surface area contributed by atoms with Gasteiger partial charge < -0.3 is 25.0 Å². The van der Waals surface area contributed by atoms with E-state index in [-0.39, 0.29) is 5.75 Å². The molecule has 0 aliphatic rings. The monoisotopic (exact) mass is 406 g/mol. The number of benzene rings is 2. The number of likely N-dealkylation sites (N-methyl/N-ethyl adjacent to an activating group) is 1. The van der Waals surface area contributed by atoms with Gasteiger partial charge in [-0.15, -0.1) is 0 Å². The SMILES string of the molecule is CN=C(NCc1ccccc1OCCN(C)C)NCc1ccccc1OC(F)F. The van der Waals surface area contributed by atoms with Crippen LogP contribution in [0.2, 0.25) is 0 Å². The molecule has 0 aliphatic heterocycles. The number of nitrogens with zero attached hydrogens (tertiary/aromatic N) is 2. The third kappa shape index (κ3) is 7.95. The topological polar surface area (TPSA) is 58.1 Å². The van der Waals surface area contributed by atoms with E-state index in [1.165, 1.54) is 6.07 Å². The third-order valence-corrected chi connectivity index (χ3v) is 4.07. The molecule has 0 spiro atoms. The first-order chi connectivity index (χ1) is 14.0. The summed E-state index contributed by atoms with van der Waals surface area (Å²) in [6.07, 6.45) is 0. The highest BCUT2D eigenvalue weighted by Gasteiger charge is 2.10. The molecule has 8 heteroatoms. The molecule has 2 aromatic carbocycles. The Morgan fingerprint density at radius 3 is 2.07 bits per heavy atom. The molecule has 0 bridgehead atoms. The average Bonchev–Trinajstić information content (AvgIpc) is 2.69. The Balaban J connectivity index is 1.92. The van der Waals surface area contributed by atoms with E-state index < -0.39 is 6.61 Å². The van der Waals surface area contributed by atoms with Crippen LogP contribution in [0.1, 0.15) is 11.1 Å². The Hall–Kier alpha value is -2.87. The molecule has 158 valence electrons. The van der Waals surface area contributed by atoms with Gasteiger partial charge in [-0.2, -0.15) is 8.78 Å². The summed E-state index contributed by atoms with van der Waals surface area (Å²) in [4.78, 5) is 6.24. The van der Waals surface area contributed by atoms with Crippen LogP contribution in [0.25, 0.3) is 0 Å². The smallest absolute Gasteiger partial charge is 0.387 e. The van der Waals surface area contributed by atoms with E-state index in [1.54, 1.807) is 25.2 Å². The highest BCUT2D eigenvalue weighted by molar-refractivity contribution is 5.79. The van der Waals surface area contributed by atoms with E-state index in [0.29, 0.717) is 31.2 Å². The first kappa shape index (κ1) is 22.4. The fourth-order valence-electron chi connectivity index (χ4n) is 2.57. The number of alkyl halides is 2. The molecule has 0 radical (unpaired) electrons. The Labute approximate surface area is 170 Å². The van der Waals surface area contributed by atoms with E-state index in [0.717, 1.165) is 17.9 Å². The molecule has 0 saturated heterocycles. The van der Waals surface area contributed by atoms with Crippen molar-refractivity contribution in [1.29, 1.82) is 0 Å². The lowest BCUT2D eigenvalue weighted by atomic mass is 10.2. The van der Waals surface area contributed by atoms with Crippen molar-refractivity contribution in [3.05, 3.63) is 59.7 Å². The molecular weight excluding hydrogens is 378 g/mol. The minimum absolute atomic E-state index is 0.144. The fourth-order valence-corrected chi connectivity index (χ4v) is 2.57. The number of rotatable bonds is 10. The van der Waals surface area contributed by atoms with Crippen molar-refractivity contribution >= 4 is 5.96 Å². The molecule has 0 fully saturated rings. The highest BCUT2D eigenvalue weighted by atomic mass is 19.3. The zero-order valence-corrected chi connectivity index (χ0v) is 17.0. The second-order valence-corrected chi connectivity index (χ2v) is 6.53. The number of hydrogen-bond acceptors (Lipinski definition) is 4. The van der Waals surface area contributed by atoms with Gasteiger partial charge in [0, 0.05) is 37.8 Å². The first-order valence-electron chi connectivity index (χ1n) is 9.32. The highest BCUT2D eigenvalue weighted by Crippen LogP contribution is 2.20. The normalized spacial score (nSPS) is 11.6. The Morgan fingerprint density at radius 1 is 0.966 bits per heavy atom. The molecule has 0 heterocycles. The molecule has 0 amide bonds. The minimum atomic E-state index is -2.86. The maximum atomic E-state index is 12.6. The number of ether oxygens (including phenoxy) is 2. The zero-order valence-electron chi connectivity index (χ0n) is 17.0. The molecule has 0 atom stereocenters. The van der Waals surface area contributed by atoms with Crippen molar-refractivity contribution in [2.75, 3.05) is 34.3 Å². The minimum Gasteiger partial charge on any atom is -0.492 e. The largest absolute Gasteiger partial charge is 0.492 e. The molecule has 0 unspecified atom stereocenters. The van der Waals surface area contributed by atoms with E-state index in [2.05, 4.69) is 25.3 Å². The van der Waals surface area contributed by atoms with Crippen LogP contribution in [0, 0.1) is 0 Å². The Bertz CT molecular complexity index is 785. The molecule has 2 aromatic rings. The van der Waals surface area contributed by atoms with E-state index in [1.807, 2.05) is 38.4 Å². The summed E-state index contributed by atoms with van der Waals surface area (Å²) in [5.41, 5.74) is 1.61. The summed E-state index contributed by atoms with van der Waals surface area (Å²) in [5, 5.41) is 6.33. The van der Waals surface area contributed by atoms with Crippen molar-refractivity contribution in [2.45, 2.75) is 19.7 Å². The van der Waals surface area contributed by atoms with Crippen molar-refractivity contribution < 1.29 is 18.3 Å². The predicted molar refractivity (Wildman–Crippen MR) is 111 cm³/mol. The first-order valence-corrected chi connectivity index (χ1v) is 9.32. The zero-order chi connectivity index (χ0) is 21.1. The van der Waals surface area contributed by atoms with E-state index in [9.17, 15) is 8.78 Å². The predicted octanol–water partition coefficient (Wildman–Crippen LogP) is 3.09. The summed E-state index contributed by atoms with van der Waals surface area (Å²) in [6.45, 7) is -0.642. The second-order valence-electron chi connectivity index (χ2n) is 6.53. The fraction of sp³-hybridized carbons (Fsp3) is 0.381. The molecule has 0 saturated carbocycles. The van der Waals surface area contributed by atoms with Crippen LogP contribution < -0.4 is 20.1 Å². The molecule has 0 aliphatic carbocycles. The van der Waals surface area contributed by atoms with Crippen LogP contribution in [0.5, 0.6) is 11.5 Å². The molecule has 29 heavy (non-hydrogen) atoms. The van der Waals surface area contributed by atoms with Crippen molar-refractivity contribution in [2.24, 2.45) is 4.99 Å². The van der Waals surface area contributed by atoms with Crippen LogP contribution in [0.3, 0.4) is 0 Å². The van der Waals surface area contributed by atoms with Gasteiger partial charge in [0.1, 0.15) is 18.1 Å². The molecule has 0 aromatic heterocycles. The molecule has 6 nitrogen and oxygen atoms in total. The lowest BCUT2D eigenvalue weighted by Crippen LogP contribution is -2.36. The maximum absolute atomic E-state index is 12.6. The van der Waals surface area contributed by atoms with Gasteiger partial charge in [0.25, 0.3) is 0 Å². The van der Waals surface area contributed by atoms with E-state index >= 15 is 0 Å². The van der Waals surface area contributed by atoms with Crippen LogP contribution in [-0.4, -0.2) is 51.8 Å².